The first-order valence-corrected chi connectivity index (χ1v) is 7.31. The van der Waals surface area contributed by atoms with Gasteiger partial charge in [-0.3, -0.25) is 4.57 Å². The maximum atomic E-state index is 6.36. The van der Waals surface area contributed by atoms with Crippen molar-refractivity contribution in [3.8, 4) is 5.69 Å². The van der Waals surface area contributed by atoms with Gasteiger partial charge in [0.15, 0.2) is 0 Å². The van der Waals surface area contributed by atoms with Gasteiger partial charge in [0.1, 0.15) is 6.33 Å². The molecular formula is C16H14Cl2N2. The van der Waals surface area contributed by atoms with Crippen molar-refractivity contribution in [2.45, 2.75) is 19.7 Å². The zero-order valence-electron chi connectivity index (χ0n) is 11.3. The first-order chi connectivity index (χ1) is 9.61. The largest absolute Gasteiger partial charge is 0.297 e. The van der Waals surface area contributed by atoms with Crippen LogP contribution in [0, 0.1) is 13.8 Å². The van der Waals surface area contributed by atoms with Crippen molar-refractivity contribution in [1.29, 1.82) is 0 Å². The van der Waals surface area contributed by atoms with E-state index < -0.39 is 0 Å². The summed E-state index contributed by atoms with van der Waals surface area (Å²) < 4.78 is 2.02. The Morgan fingerprint density at radius 3 is 2.65 bits per heavy atom. The molecule has 0 unspecified atom stereocenters. The summed E-state index contributed by atoms with van der Waals surface area (Å²) in [5.74, 6) is 0.417. The van der Waals surface area contributed by atoms with E-state index in [1.807, 2.05) is 22.8 Å². The fourth-order valence-electron chi connectivity index (χ4n) is 2.38. The SMILES string of the molecule is Cc1cc2ncn(-c3c(Cl)cccc3CCl)c2cc1C. The number of halogens is 2. The van der Waals surface area contributed by atoms with Crippen LogP contribution in [0.25, 0.3) is 16.7 Å². The molecule has 0 amide bonds. The van der Waals surface area contributed by atoms with Crippen LogP contribution in [-0.2, 0) is 5.88 Å². The van der Waals surface area contributed by atoms with Crippen LogP contribution in [0.15, 0.2) is 36.7 Å². The number of aryl methyl sites for hydroxylation is 2. The van der Waals surface area contributed by atoms with E-state index in [0.29, 0.717) is 10.9 Å². The smallest absolute Gasteiger partial charge is 0.100 e. The van der Waals surface area contributed by atoms with Crippen LogP contribution in [0.5, 0.6) is 0 Å². The first-order valence-electron chi connectivity index (χ1n) is 6.40. The summed E-state index contributed by atoms with van der Waals surface area (Å²) in [6.45, 7) is 4.19. The molecule has 102 valence electrons. The van der Waals surface area contributed by atoms with Crippen LogP contribution in [0.2, 0.25) is 5.02 Å². The molecule has 20 heavy (non-hydrogen) atoms. The van der Waals surface area contributed by atoms with E-state index in [4.69, 9.17) is 23.2 Å². The lowest BCUT2D eigenvalue weighted by Crippen LogP contribution is -1.98. The van der Waals surface area contributed by atoms with Gasteiger partial charge >= 0.3 is 0 Å². The van der Waals surface area contributed by atoms with Crippen molar-refractivity contribution in [1.82, 2.24) is 9.55 Å². The van der Waals surface area contributed by atoms with E-state index in [1.165, 1.54) is 11.1 Å². The van der Waals surface area contributed by atoms with Gasteiger partial charge in [-0.25, -0.2) is 4.98 Å². The molecule has 0 spiro atoms. The molecule has 2 nitrogen and oxygen atoms in total. The molecule has 0 bridgehead atoms. The summed E-state index contributed by atoms with van der Waals surface area (Å²) in [4.78, 5) is 4.47. The van der Waals surface area contributed by atoms with E-state index in [-0.39, 0.29) is 0 Å². The van der Waals surface area contributed by atoms with Crippen LogP contribution < -0.4 is 0 Å². The Labute approximate surface area is 128 Å². The molecule has 2 aromatic carbocycles. The predicted molar refractivity (Wildman–Crippen MR) is 85.1 cm³/mol. The number of imidazole rings is 1. The highest BCUT2D eigenvalue weighted by Gasteiger charge is 2.12. The second-order valence-electron chi connectivity index (χ2n) is 4.92. The zero-order chi connectivity index (χ0) is 14.3. The van der Waals surface area contributed by atoms with Crippen LogP contribution in [-0.4, -0.2) is 9.55 Å². The van der Waals surface area contributed by atoms with Gasteiger partial charge in [0.25, 0.3) is 0 Å². The van der Waals surface area contributed by atoms with Crippen molar-refractivity contribution in [3.63, 3.8) is 0 Å². The lowest BCUT2D eigenvalue weighted by molar-refractivity contribution is 1.07. The summed E-state index contributed by atoms with van der Waals surface area (Å²) in [6.07, 6.45) is 1.81. The topological polar surface area (TPSA) is 17.8 Å². The highest BCUT2D eigenvalue weighted by Crippen LogP contribution is 2.29. The predicted octanol–water partition coefficient (Wildman–Crippen LogP) is 5.03. The summed E-state index contributed by atoms with van der Waals surface area (Å²) >= 11 is 12.4. The third-order valence-electron chi connectivity index (χ3n) is 3.62. The highest BCUT2D eigenvalue weighted by atomic mass is 35.5. The van der Waals surface area contributed by atoms with Gasteiger partial charge in [-0.2, -0.15) is 0 Å². The molecule has 0 aliphatic carbocycles. The molecule has 3 aromatic rings. The second kappa shape index (κ2) is 5.12. The average Bonchev–Trinajstić information content (AvgIpc) is 2.81. The van der Waals surface area contributed by atoms with Crippen molar-refractivity contribution in [3.05, 3.63) is 58.4 Å². The number of para-hydroxylation sites is 1. The van der Waals surface area contributed by atoms with Crippen molar-refractivity contribution >= 4 is 34.2 Å². The third kappa shape index (κ3) is 2.09. The van der Waals surface area contributed by atoms with Gasteiger partial charge in [0.2, 0.25) is 0 Å². The van der Waals surface area contributed by atoms with E-state index in [1.54, 1.807) is 6.33 Å². The summed E-state index contributed by atoms with van der Waals surface area (Å²) in [5.41, 5.74) is 6.39. The van der Waals surface area contributed by atoms with E-state index >= 15 is 0 Å². The molecule has 3 rings (SSSR count). The highest BCUT2D eigenvalue weighted by molar-refractivity contribution is 6.32. The molecule has 1 heterocycles. The molecular weight excluding hydrogens is 291 g/mol. The molecule has 0 aliphatic heterocycles. The fourth-order valence-corrected chi connectivity index (χ4v) is 2.88. The third-order valence-corrected chi connectivity index (χ3v) is 4.21. The summed E-state index contributed by atoms with van der Waals surface area (Å²) in [7, 11) is 0. The number of alkyl halides is 1. The number of aromatic nitrogens is 2. The minimum absolute atomic E-state index is 0.417. The zero-order valence-corrected chi connectivity index (χ0v) is 12.8. The quantitative estimate of drug-likeness (QED) is 0.607. The van der Waals surface area contributed by atoms with Crippen molar-refractivity contribution in [2.75, 3.05) is 0 Å². The minimum Gasteiger partial charge on any atom is -0.297 e. The molecule has 0 aliphatic rings. The van der Waals surface area contributed by atoms with Crippen molar-refractivity contribution in [2.24, 2.45) is 0 Å². The van der Waals surface area contributed by atoms with Crippen LogP contribution >= 0.6 is 23.2 Å². The van der Waals surface area contributed by atoms with Gasteiger partial charge in [-0.05, 0) is 48.7 Å². The summed E-state index contributed by atoms with van der Waals surface area (Å²) in [6, 6.07) is 10.0. The van der Waals surface area contributed by atoms with Crippen LogP contribution in [0.4, 0.5) is 0 Å². The Bertz CT molecular complexity index is 791. The van der Waals surface area contributed by atoms with Gasteiger partial charge in [0, 0.05) is 5.88 Å². The number of hydrogen-bond acceptors (Lipinski definition) is 1. The lowest BCUT2D eigenvalue weighted by atomic mass is 10.1. The first kappa shape index (κ1) is 13.5. The summed E-state index contributed by atoms with van der Waals surface area (Å²) in [5, 5.41) is 0.681. The van der Waals surface area contributed by atoms with E-state index in [2.05, 4.69) is 31.0 Å². The van der Waals surface area contributed by atoms with Crippen LogP contribution in [0.3, 0.4) is 0 Å². The molecule has 4 heteroatoms. The van der Waals surface area contributed by atoms with Gasteiger partial charge < -0.3 is 0 Å². The molecule has 0 radical (unpaired) electrons. The van der Waals surface area contributed by atoms with E-state index in [9.17, 15) is 0 Å². The number of nitrogens with zero attached hydrogens (tertiary/aromatic N) is 2. The van der Waals surface area contributed by atoms with E-state index in [0.717, 1.165) is 22.3 Å². The minimum atomic E-state index is 0.417. The Morgan fingerprint density at radius 2 is 1.90 bits per heavy atom. The molecule has 0 N–H and O–H groups in total. The number of fused-ring (bicyclic) bond motifs is 1. The molecule has 0 fully saturated rings. The Hall–Kier alpha value is -1.51. The molecule has 0 saturated heterocycles. The number of benzene rings is 2. The lowest BCUT2D eigenvalue weighted by Gasteiger charge is -2.12. The molecule has 1 aromatic heterocycles. The van der Waals surface area contributed by atoms with Gasteiger partial charge in [-0.1, -0.05) is 23.7 Å². The Morgan fingerprint density at radius 1 is 1.15 bits per heavy atom. The Balaban J connectivity index is 2.33. The Kier molecular flexibility index (Phi) is 3.45. The van der Waals surface area contributed by atoms with Gasteiger partial charge in [0.05, 0.1) is 21.7 Å². The second-order valence-corrected chi connectivity index (χ2v) is 5.60. The number of hydrogen-bond donors (Lipinski definition) is 0. The maximum absolute atomic E-state index is 6.36. The molecule has 0 saturated carbocycles. The normalized spacial score (nSPS) is 11.2. The fraction of sp³-hybridized carbons (Fsp3) is 0.188. The standard InChI is InChI=1S/C16H14Cl2N2/c1-10-6-14-15(7-11(10)2)20(9-19-14)16-12(8-17)4-3-5-13(16)18/h3-7,9H,8H2,1-2H3. The van der Waals surface area contributed by atoms with Crippen molar-refractivity contribution < 1.29 is 0 Å². The number of rotatable bonds is 2. The van der Waals surface area contributed by atoms with Crippen LogP contribution in [0.1, 0.15) is 16.7 Å². The maximum Gasteiger partial charge on any atom is 0.100 e. The average molecular weight is 305 g/mol. The van der Waals surface area contributed by atoms with Gasteiger partial charge in [-0.15, -0.1) is 11.6 Å². The molecule has 0 atom stereocenters. The monoisotopic (exact) mass is 304 g/mol.